The molecule has 0 saturated carbocycles. The third-order valence-electron chi connectivity index (χ3n) is 2.49. The number of ether oxygens (including phenoxy) is 1. The summed E-state index contributed by atoms with van der Waals surface area (Å²) in [4.78, 5) is 2.09. The normalized spacial score (nSPS) is 13.3. The van der Waals surface area contributed by atoms with Crippen molar-refractivity contribution in [3.05, 3.63) is 34.3 Å². The van der Waals surface area contributed by atoms with Crippen molar-refractivity contribution in [3.8, 4) is 0 Å². The van der Waals surface area contributed by atoms with E-state index in [0.717, 1.165) is 11.0 Å². The standard InChI is InChI=1S/C14H22BrNO2/c1-11(2)18-10-14(17)9-16(3)8-12-5-4-6-13(15)7-12/h4-7,11,14,17H,8-10H2,1-3H3. The minimum atomic E-state index is -0.440. The van der Waals surface area contributed by atoms with E-state index >= 15 is 0 Å². The Labute approximate surface area is 118 Å². The lowest BCUT2D eigenvalue weighted by Crippen LogP contribution is -2.32. The molecule has 4 heteroatoms. The molecular weight excluding hydrogens is 294 g/mol. The summed E-state index contributed by atoms with van der Waals surface area (Å²) >= 11 is 3.46. The largest absolute Gasteiger partial charge is 0.389 e. The van der Waals surface area contributed by atoms with Crippen molar-refractivity contribution in [3.63, 3.8) is 0 Å². The molecule has 1 aromatic carbocycles. The average Bonchev–Trinajstić information content (AvgIpc) is 2.26. The van der Waals surface area contributed by atoms with Crippen LogP contribution in [0.5, 0.6) is 0 Å². The maximum atomic E-state index is 9.83. The molecule has 1 atom stereocenters. The van der Waals surface area contributed by atoms with Crippen LogP contribution in [0.1, 0.15) is 19.4 Å². The molecule has 102 valence electrons. The molecule has 0 fully saturated rings. The van der Waals surface area contributed by atoms with Crippen molar-refractivity contribution in [2.75, 3.05) is 20.2 Å². The van der Waals surface area contributed by atoms with Crippen LogP contribution in [0, 0.1) is 0 Å². The summed E-state index contributed by atoms with van der Waals surface area (Å²) in [5, 5.41) is 9.83. The fraction of sp³-hybridized carbons (Fsp3) is 0.571. The van der Waals surface area contributed by atoms with Gasteiger partial charge in [0.05, 0.1) is 18.8 Å². The summed E-state index contributed by atoms with van der Waals surface area (Å²) in [7, 11) is 2.00. The molecule has 0 aromatic heterocycles. The molecule has 0 spiro atoms. The molecule has 1 unspecified atom stereocenters. The Bertz CT molecular complexity index is 357. The number of hydrogen-bond donors (Lipinski definition) is 1. The molecule has 0 saturated heterocycles. The molecule has 0 aliphatic heterocycles. The lowest BCUT2D eigenvalue weighted by molar-refractivity contribution is -0.00634. The van der Waals surface area contributed by atoms with Gasteiger partial charge in [0.2, 0.25) is 0 Å². The van der Waals surface area contributed by atoms with Gasteiger partial charge in [-0.15, -0.1) is 0 Å². The van der Waals surface area contributed by atoms with E-state index in [9.17, 15) is 5.11 Å². The summed E-state index contributed by atoms with van der Waals surface area (Å²) < 4.78 is 6.47. The Kier molecular flexibility index (Phi) is 6.86. The first-order chi connectivity index (χ1) is 8.47. The second-order valence-electron chi connectivity index (χ2n) is 4.86. The van der Waals surface area contributed by atoms with Crippen molar-refractivity contribution < 1.29 is 9.84 Å². The van der Waals surface area contributed by atoms with Crippen molar-refractivity contribution in [1.29, 1.82) is 0 Å². The Balaban J connectivity index is 2.34. The van der Waals surface area contributed by atoms with E-state index < -0.39 is 6.10 Å². The van der Waals surface area contributed by atoms with Crippen molar-refractivity contribution >= 4 is 15.9 Å². The zero-order chi connectivity index (χ0) is 13.5. The minimum absolute atomic E-state index is 0.162. The Morgan fingerprint density at radius 2 is 2.11 bits per heavy atom. The number of likely N-dealkylation sites (N-methyl/N-ethyl adjacent to an activating group) is 1. The lowest BCUT2D eigenvalue weighted by atomic mass is 10.2. The van der Waals surface area contributed by atoms with E-state index in [1.165, 1.54) is 5.56 Å². The number of hydrogen-bond acceptors (Lipinski definition) is 3. The van der Waals surface area contributed by atoms with Crippen LogP contribution in [-0.4, -0.2) is 42.4 Å². The molecule has 0 heterocycles. The van der Waals surface area contributed by atoms with Crippen LogP contribution in [0.3, 0.4) is 0 Å². The monoisotopic (exact) mass is 315 g/mol. The van der Waals surface area contributed by atoms with Crippen molar-refractivity contribution in [1.82, 2.24) is 4.90 Å². The first-order valence-corrected chi connectivity index (χ1v) is 6.99. The Morgan fingerprint density at radius 3 is 2.72 bits per heavy atom. The van der Waals surface area contributed by atoms with E-state index in [-0.39, 0.29) is 6.10 Å². The van der Waals surface area contributed by atoms with Crippen LogP contribution in [-0.2, 0) is 11.3 Å². The quantitative estimate of drug-likeness (QED) is 0.839. The third kappa shape index (κ3) is 6.50. The van der Waals surface area contributed by atoms with E-state index in [2.05, 4.69) is 33.0 Å². The summed E-state index contributed by atoms with van der Waals surface area (Å²) in [6, 6.07) is 8.20. The first kappa shape index (κ1) is 15.6. The van der Waals surface area contributed by atoms with Crippen LogP contribution < -0.4 is 0 Å². The van der Waals surface area contributed by atoms with E-state index in [1.54, 1.807) is 0 Å². The van der Waals surface area contributed by atoms with Gasteiger partial charge < -0.3 is 9.84 Å². The fourth-order valence-electron chi connectivity index (χ4n) is 1.73. The summed E-state index contributed by atoms with van der Waals surface area (Å²) in [6.45, 7) is 5.76. The molecule has 3 nitrogen and oxygen atoms in total. The van der Waals surface area contributed by atoms with Crippen LogP contribution in [0.15, 0.2) is 28.7 Å². The fourth-order valence-corrected chi connectivity index (χ4v) is 2.17. The predicted octanol–water partition coefficient (Wildman–Crippen LogP) is 2.67. The van der Waals surface area contributed by atoms with Gasteiger partial charge in [-0.25, -0.2) is 0 Å². The van der Waals surface area contributed by atoms with Gasteiger partial charge in [0, 0.05) is 17.6 Å². The van der Waals surface area contributed by atoms with Gasteiger partial charge in [-0.3, -0.25) is 4.90 Å². The molecule has 0 amide bonds. The summed E-state index contributed by atoms with van der Waals surface area (Å²) in [6.07, 6.45) is -0.278. The number of aliphatic hydroxyl groups is 1. The SMILES string of the molecule is CC(C)OCC(O)CN(C)Cc1cccc(Br)c1. The smallest absolute Gasteiger partial charge is 0.0900 e. The van der Waals surface area contributed by atoms with Crippen molar-refractivity contribution in [2.24, 2.45) is 0 Å². The molecule has 0 bridgehead atoms. The Morgan fingerprint density at radius 1 is 1.39 bits per heavy atom. The Hall–Kier alpha value is -0.420. The molecular formula is C14H22BrNO2. The average molecular weight is 316 g/mol. The van der Waals surface area contributed by atoms with Crippen LogP contribution in [0.4, 0.5) is 0 Å². The zero-order valence-corrected chi connectivity index (χ0v) is 12.9. The second-order valence-corrected chi connectivity index (χ2v) is 5.78. The predicted molar refractivity (Wildman–Crippen MR) is 77.6 cm³/mol. The number of nitrogens with zero attached hydrogens (tertiary/aromatic N) is 1. The van der Waals surface area contributed by atoms with Gasteiger partial charge >= 0.3 is 0 Å². The van der Waals surface area contributed by atoms with Crippen molar-refractivity contribution in [2.45, 2.75) is 32.6 Å². The van der Waals surface area contributed by atoms with Gasteiger partial charge in [0.25, 0.3) is 0 Å². The van der Waals surface area contributed by atoms with E-state index in [0.29, 0.717) is 13.2 Å². The van der Waals surface area contributed by atoms with Gasteiger partial charge in [0.15, 0.2) is 0 Å². The zero-order valence-electron chi connectivity index (χ0n) is 11.3. The highest BCUT2D eigenvalue weighted by molar-refractivity contribution is 9.10. The van der Waals surface area contributed by atoms with E-state index in [1.807, 2.05) is 33.0 Å². The topological polar surface area (TPSA) is 32.7 Å². The van der Waals surface area contributed by atoms with Crippen LogP contribution in [0.25, 0.3) is 0 Å². The molecule has 1 N–H and O–H groups in total. The highest BCUT2D eigenvalue weighted by Gasteiger charge is 2.09. The van der Waals surface area contributed by atoms with Crippen LogP contribution in [0.2, 0.25) is 0 Å². The molecule has 1 rings (SSSR count). The maximum absolute atomic E-state index is 9.83. The third-order valence-corrected chi connectivity index (χ3v) is 2.98. The second kappa shape index (κ2) is 7.89. The van der Waals surface area contributed by atoms with Crippen LogP contribution >= 0.6 is 15.9 Å². The summed E-state index contributed by atoms with van der Waals surface area (Å²) in [5.74, 6) is 0. The lowest BCUT2D eigenvalue weighted by Gasteiger charge is -2.21. The van der Waals surface area contributed by atoms with Gasteiger partial charge in [-0.2, -0.15) is 0 Å². The maximum Gasteiger partial charge on any atom is 0.0900 e. The molecule has 0 aliphatic rings. The van der Waals surface area contributed by atoms with Gasteiger partial charge in [-0.1, -0.05) is 28.1 Å². The highest BCUT2D eigenvalue weighted by atomic mass is 79.9. The molecule has 1 aromatic rings. The highest BCUT2D eigenvalue weighted by Crippen LogP contribution is 2.13. The number of aliphatic hydroxyl groups excluding tert-OH is 1. The molecule has 0 radical (unpaired) electrons. The summed E-state index contributed by atoms with van der Waals surface area (Å²) in [5.41, 5.74) is 1.23. The minimum Gasteiger partial charge on any atom is -0.389 e. The molecule has 18 heavy (non-hydrogen) atoms. The van der Waals surface area contributed by atoms with Gasteiger partial charge in [0.1, 0.15) is 0 Å². The van der Waals surface area contributed by atoms with Gasteiger partial charge in [-0.05, 0) is 38.6 Å². The number of halogens is 1. The number of benzene rings is 1. The number of rotatable bonds is 7. The van der Waals surface area contributed by atoms with E-state index in [4.69, 9.17) is 4.74 Å². The first-order valence-electron chi connectivity index (χ1n) is 6.20. The molecule has 0 aliphatic carbocycles.